The van der Waals surface area contributed by atoms with Crippen molar-refractivity contribution in [2.45, 2.75) is 44.9 Å². The standard InChI is InChI=1S/C23H28N6O/c1-3-7-19-16-20(24-22-26-25-17(2)29(19)22)27-12-14-28(15-13-27)21(30)23(10-11-23)18-8-5-4-6-9-18/h4-6,8-9,16H,3,7,10-15H2,1-2H3. The molecule has 3 aromatic rings. The van der Waals surface area contributed by atoms with Crippen LogP contribution in [0, 0.1) is 6.92 Å². The van der Waals surface area contributed by atoms with Gasteiger partial charge in [0.05, 0.1) is 5.41 Å². The highest BCUT2D eigenvalue weighted by molar-refractivity contribution is 5.91. The predicted octanol–water partition coefficient (Wildman–Crippen LogP) is 2.77. The van der Waals surface area contributed by atoms with Crippen molar-refractivity contribution < 1.29 is 4.79 Å². The Morgan fingerprint density at radius 1 is 1.07 bits per heavy atom. The number of hydrogen-bond donors (Lipinski definition) is 0. The van der Waals surface area contributed by atoms with Crippen LogP contribution in [0.2, 0.25) is 0 Å². The highest BCUT2D eigenvalue weighted by Gasteiger charge is 2.53. The normalized spacial score (nSPS) is 18.1. The fraction of sp³-hybridized carbons (Fsp3) is 0.478. The molecule has 5 rings (SSSR count). The fourth-order valence-corrected chi connectivity index (χ4v) is 4.66. The van der Waals surface area contributed by atoms with Gasteiger partial charge in [0.1, 0.15) is 11.6 Å². The first-order chi connectivity index (χ1) is 14.6. The molecule has 7 heteroatoms. The van der Waals surface area contributed by atoms with E-state index in [4.69, 9.17) is 4.98 Å². The lowest BCUT2D eigenvalue weighted by Crippen LogP contribution is -2.51. The summed E-state index contributed by atoms with van der Waals surface area (Å²) < 4.78 is 2.05. The average molecular weight is 405 g/mol. The second kappa shape index (κ2) is 7.38. The topological polar surface area (TPSA) is 66.6 Å². The average Bonchev–Trinajstić information content (AvgIpc) is 3.52. The quantitative estimate of drug-likeness (QED) is 0.654. The molecule has 3 heterocycles. The summed E-state index contributed by atoms with van der Waals surface area (Å²) in [5.74, 6) is 2.76. The first-order valence-electron chi connectivity index (χ1n) is 10.9. The number of carbonyl (C=O) groups excluding carboxylic acids is 1. The maximum absolute atomic E-state index is 13.3. The Bertz CT molecular complexity index is 1060. The largest absolute Gasteiger partial charge is 0.353 e. The second-order valence-electron chi connectivity index (χ2n) is 8.47. The molecule has 0 atom stereocenters. The number of anilines is 1. The van der Waals surface area contributed by atoms with Crippen molar-refractivity contribution in [3.63, 3.8) is 0 Å². The van der Waals surface area contributed by atoms with Gasteiger partial charge in [-0.3, -0.25) is 9.20 Å². The Morgan fingerprint density at radius 2 is 1.80 bits per heavy atom. The molecule has 0 radical (unpaired) electrons. The van der Waals surface area contributed by atoms with Gasteiger partial charge in [-0.1, -0.05) is 43.7 Å². The summed E-state index contributed by atoms with van der Waals surface area (Å²) in [5, 5.41) is 8.45. The van der Waals surface area contributed by atoms with Crippen LogP contribution in [0.1, 0.15) is 43.3 Å². The molecule has 2 fully saturated rings. The van der Waals surface area contributed by atoms with E-state index in [0.29, 0.717) is 5.78 Å². The number of nitrogens with zero attached hydrogens (tertiary/aromatic N) is 6. The molecule has 2 aromatic heterocycles. The van der Waals surface area contributed by atoms with E-state index in [2.05, 4.69) is 40.2 Å². The Hall–Kier alpha value is -2.96. The van der Waals surface area contributed by atoms with Gasteiger partial charge in [-0.25, -0.2) is 0 Å². The van der Waals surface area contributed by atoms with Gasteiger partial charge in [0, 0.05) is 37.9 Å². The van der Waals surface area contributed by atoms with Gasteiger partial charge in [0.15, 0.2) is 0 Å². The molecule has 0 bridgehead atoms. The SMILES string of the molecule is CCCc1cc(N2CCN(C(=O)C3(c4ccccc4)CC3)CC2)nc2nnc(C)n12. The number of aromatic nitrogens is 4. The molecule has 156 valence electrons. The Balaban J connectivity index is 1.32. The van der Waals surface area contributed by atoms with E-state index in [1.165, 1.54) is 5.69 Å². The summed E-state index contributed by atoms with van der Waals surface area (Å²) in [7, 11) is 0. The highest BCUT2D eigenvalue weighted by atomic mass is 16.2. The maximum atomic E-state index is 13.3. The monoisotopic (exact) mass is 404 g/mol. The van der Waals surface area contributed by atoms with E-state index in [1.807, 2.05) is 34.4 Å². The van der Waals surface area contributed by atoms with Crippen LogP contribution in [0.3, 0.4) is 0 Å². The minimum atomic E-state index is -0.284. The third kappa shape index (κ3) is 3.13. The number of piperazine rings is 1. The van der Waals surface area contributed by atoms with Gasteiger partial charge in [-0.15, -0.1) is 10.2 Å². The van der Waals surface area contributed by atoms with Crippen LogP contribution in [0.25, 0.3) is 5.78 Å². The molecule has 7 nitrogen and oxygen atoms in total. The summed E-state index contributed by atoms with van der Waals surface area (Å²) in [6.45, 7) is 7.18. The summed E-state index contributed by atoms with van der Waals surface area (Å²) in [6.07, 6.45) is 3.94. The Morgan fingerprint density at radius 3 is 2.47 bits per heavy atom. The molecule has 1 amide bonds. The Labute approximate surface area is 176 Å². The lowest BCUT2D eigenvalue weighted by molar-refractivity contribution is -0.134. The van der Waals surface area contributed by atoms with Crippen molar-refractivity contribution in [3.8, 4) is 0 Å². The summed E-state index contributed by atoms with van der Waals surface area (Å²) in [4.78, 5) is 22.4. The van der Waals surface area contributed by atoms with Crippen LogP contribution in [0.4, 0.5) is 5.82 Å². The molecule has 0 N–H and O–H groups in total. The number of benzene rings is 1. The van der Waals surface area contributed by atoms with Crippen molar-refractivity contribution in [1.29, 1.82) is 0 Å². The lowest BCUT2D eigenvalue weighted by Gasteiger charge is -2.37. The molecular formula is C23H28N6O. The molecule has 1 aromatic carbocycles. The van der Waals surface area contributed by atoms with E-state index in [-0.39, 0.29) is 11.3 Å². The van der Waals surface area contributed by atoms with Gasteiger partial charge in [0.2, 0.25) is 5.91 Å². The minimum Gasteiger partial charge on any atom is -0.353 e. The highest BCUT2D eigenvalue weighted by Crippen LogP contribution is 2.49. The number of rotatable bonds is 5. The Kier molecular flexibility index (Phi) is 4.68. The van der Waals surface area contributed by atoms with Crippen LogP contribution in [-0.2, 0) is 16.6 Å². The fourth-order valence-electron chi connectivity index (χ4n) is 4.66. The van der Waals surface area contributed by atoms with E-state index in [1.54, 1.807) is 0 Å². The molecule has 0 spiro atoms. The molecule has 30 heavy (non-hydrogen) atoms. The zero-order chi connectivity index (χ0) is 20.7. The van der Waals surface area contributed by atoms with Crippen LogP contribution in [-0.4, -0.2) is 56.6 Å². The van der Waals surface area contributed by atoms with Crippen molar-refractivity contribution >= 4 is 17.5 Å². The van der Waals surface area contributed by atoms with Crippen molar-refractivity contribution in [3.05, 3.63) is 53.5 Å². The maximum Gasteiger partial charge on any atom is 0.257 e. The molecule has 0 unspecified atom stereocenters. The number of carbonyl (C=O) groups is 1. The van der Waals surface area contributed by atoms with Crippen LogP contribution < -0.4 is 4.90 Å². The second-order valence-corrected chi connectivity index (χ2v) is 8.47. The lowest BCUT2D eigenvalue weighted by atomic mass is 9.94. The van der Waals surface area contributed by atoms with Crippen molar-refractivity contribution in [1.82, 2.24) is 24.5 Å². The molecule has 1 aliphatic carbocycles. The van der Waals surface area contributed by atoms with Gasteiger partial charge < -0.3 is 9.80 Å². The van der Waals surface area contributed by atoms with Gasteiger partial charge >= 0.3 is 0 Å². The van der Waals surface area contributed by atoms with Gasteiger partial charge in [-0.05, 0) is 31.7 Å². The zero-order valence-electron chi connectivity index (χ0n) is 17.7. The van der Waals surface area contributed by atoms with Crippen molar-refractivity contribution in [2.75, 3.05) is 31.1 Å². The molecule has 2 aliphatic rings. The van der Waals surface area contributed by atoms with Crippen LogP contribution in [0.15, 0.2) is 36.4 Å². The van der Waals surface area contributed by atoms with Crippen LogP contribution >= 0.6 is 0 Å². The number of fused-ring (bicyclic) bond motifs is 1. The third-order valence-electron chi connectivity index (χ3n) is 6.49. The predicted molar refractivity (Wildman–Crippen MR) is 116 cm³/mol. The van der Waals surface area contributed by atoms with E-state index >= 15 is 0 Å². The first-order valence-corrected chi connectivity index (χ1v) is 10.9. The molecule has 1 aliphatic heterocycles. The summed E-state index contributed by atoms with van der Waals surface area (Å²) in [5.41, 5.74) is 2.07. The van der Waals surface area contributed by atoms with Gasteiger partial charge in [0.25, 0.3) is 5.78 Å². The van der Waals surface area contributed by atoms with E-state index in [0.717, 1.165) is 69.1 Å². The first kappa shape index (κ1) is 19.0. The van der Waals surface area contributed by atoms with E-state index in [9.17, 15) is 4.79 Å². The molecule has 1 saturated carbocycles. The van der Waals surface area contributed by atoms with Crippen LogP contribution in [0.5, 0.6) is 0 Å². The number of aryl methyl sites for hydroxylation is 2. The molecular weight excluding hydrogens is 376 g/mol. The molecule has 1 saturated heterocycles. The third-order valence-corrected chi connectivity index (χ3v) is 6.49. The minimum absolute atomic E-state index is 0.284. The smallest absolute Gasteiger partial charge is 0.257 e. The van der Waals surface area contributed by atoms with Crippen molar-refractivity contribution in [2.24, 2.45) is 0 Å². The number of amides is 1. The zero-order valence-corrected chi connectivity index (χ0v) is 17.7. The van der Waals surface area contributed by atoms with E-state index < -0.39 is 0 Å². The summed E-state index contributed by atoms with van der Waals surface area (Å²) in [6, 6.07) is 12.4. The number of hydrogen-bond acceptors (Lipinski definition) is 5. The van der Waals surface area contributed by atoms with Gasteiger partial charge in [-0.2, -0.15) is 4.98 Å². The summed E-state index contributed by atoms with van der Waals surface area (Å²) >= 11 is 0.